The monoisotopic (exact) mass is 254 g/mol. The van der Waals surface area contributed by atoms with Crippen LogP contribution in [0.15, 0.2) is 12.1 Å². The number of rotatable bonds is 2. The van der Waals surface area contributed by atoms with E-state index < -0.39 is 0 Å². The Morgan fingerprint density at radius 3 is 3.00 bits per heavy atom. The van der Waals surface area contributed by atoms with Crippen LogP contribution < -0.4 is 10.6 Å². The van der Waals surface area contributed by atoms with Gasteiger partial charge >= 0.3 is 0 Å². The van der Waals surface area contributed by atoms with E-state index in [0.29, 0.717) is 17.0 Å². The van der Waals surface area contributed by atoms with E-state index in [9.17, 15) is 4.79 Å². The molecule has 0 saturated carbocycles. The van der Waals surface area contributed by atoms with Crippen LogP contribution in [0.2, 0.25) is 5.15 Å². The number of nitrogens with one attached hydrogen (secondary N) is 2. The second-order valence-electron chi connectivity index (χ2n) is 4.31. The van der Waals surface area contributed by atoms with Gasteiger partial charge < -0.3 is 10.6 Å². The zero-order chi connectivity index (χ0) is 12.3. The maximum absolute atomic E-state index is 12.0. The third kappa shape index (κ3) is 3.38. The molecular formula is C11H15ClN4O. The minimum absolute atomic E-state index is 0.00923. The molecule has 6 heteroatoms. The van der Waals surface area contributed by atoms with Gasteiger partial charge in [0.2, 0.25) is 5.91 Å². The normalized spacial score (nSPS) is 24.4. The molecule has 1 aromatic rings. The van der Waals surface area contributed by atoms with Crippen molar-refractivity contribution in [1.82, 2.24) is 15.5 Å². The highest BCUT2D eigenvalue weighted by Crippen LogP contribution is 2.18. The fourth-order valence-corrected chi connectivity index (χ4v) is 2.08. The third-order valence-corrected chi connectivity index (χ3v) is 3.08. The van der Waals surface area contributed by atoms with Crippen molar-refractivity contribution in [1.29, 1.82) is 0 Å². The van der Waals surface area contributed by atoms with E-state index in [1.54, 1.807) is 12.1 Å². The summed E-state index contributed by atoms with van der Waals surface area (Å²) in [5.74, 6) is 0.504. The molecular weight excluding hydrogens is 240 g/mol. The summed E-state index contributed by atoms with van der Waals surface area (Å²) in [7, 11) is 0. The molecule has 2 rings (SSSR count). The quantitative estimate of drug-likeness (QED) is 0.839. The van der Waals surface area contributed by atoms with E-state index in [0.717, 1.165) is 19.4 Å². The Morgan fingerprint density at radius 2 is 2.35 bits per heavy atom. The average molecular weight is 255 g/mol. The molecule has 1 aliphatic rings. The standard InChI is InChI=1S/C11H15ClN4O/c1-7-6-8(4-5-13-7)11(17)14-10-3-2-9(12)15-16-10/h2-3,7-8,13H,4-6H2,1H3,(H,14,16,17). The fraction of sp³-hybridized carbons (Fsp3) is 0.545. The smallest absolute Gasteiger partial charge is 0.228 e. The van der Waals surface area contributed by atoms with Crippen molar-refractivity contribution < 1.29 is 4.79 Å². The number of anilines is 1. The Hall–Kier alpha value is -1.20. The van der Waals surface area contributed by atoms with Crippen LogP contribution in [0.1, 0.15) is 19.8 Å². The number of carbonyl (C=O) groups is 1. The predicted molar refractivity (Wildman–Crippen MR) is 65.9 cm³/mol. The van der Waals surface area contributed by atoms with Gasteiger partial charge in [0, 0.05) is 12.0 Å². The molecule has 2 atom stereocenters. The number of amides is 1. The van der Waals surface area contributed by atoms with E-state index >= 15 is 0 Å². The van der Waals surface area contributed by atoms with Gasteiger partial charge in [0.15, 0.2) is 11.0 Å². The molecule has 0 aliphatic carbocycles. The van der Waals surface area contributed by atoms with E-state index in [1.807, 2.05) is 0 Å². The fourth-order valence-electron chi connectivity index (χ4n) is 1.98. The predicted octanol–water partition coefficient (Wildman–Crippen LogP) is 1.46. The van der Waals surface area contributed by atoms with Crippen LogP contribution in [0.4, 0.5) is 5.82 Å². The molecule has 0 bridgehead atoms. The molecule has 2 heterocycles. The maximum atomic E-state index is 12.0. The Bertz CT molecular complexity index is 395. The van der Waals surface area contributed by atoms with Gasteiger partial charge in [0.25, 0.3) is 0 Å². The van der Waals surface area contributed by atoms with E-state index in [-0.39, 0.29) is 11.8 Å². The molecule has 5 nitrogen and oxygen atoms in total. The molecule has 2 N–H and O–H groups in total. The molecule has 1 aromatic heterocycles. The zero-order valence-corrected chi connectivity index (χ0v) is 10.4. The van der Waals surface area contributed by atoms with Gasteiger partial charge in [-0.2, -0.15) is 0 Å². The summed E-state index contributed by atoms with van der Waals surface area (Å²) in [5.41, 5.74) is 0. The molecule has 1 aliphatic heterocycles. The summed E-state index contributed by atoms with van der Waals surface area (Å²) in [4.78, 5) is 12.0. The molecule has 0 radical (unpaired) electrons. The van der Waals surface area contributed by atoms with E-state index in [1.165, 1.54) is 0 Å². The molecule has 1 fully saturated rings. The second kappa shape index (κ2) is 5.42. The lowest BCUT2D eigenvalue weighted by atomic mass is 9.92. The van der Waals surface area contributed by atoms with Gasteiger partial charge in [-0.3, -0.25) is 4.79 Å². The number of piperidine rings is 1. The number of hydrogen-bond donors (Lipinski definition) is 2. The van der Waals surface area contributed by atoms with Gasteiger partial charge in [-0.25, -0.2) is 0 Å². The van der Waals surface area contributed by atoms with Crippen molar-refractivity contribution >= 4 is 23.3 Å². The first-order valence-corrected chi connectivity index (χ1v) is 6.06. The summed E-state index contributed by atoms with van der Waals surface area (Å²) in [6.07, 6.45) is 1.71. The lowest BCUT2D eigenvalue weighted by Gasteiger charge is -2.26. The van der Waals surface area contributed by atoms with E-state index in [4.69, 9.17) is 11.6 Å². The highest BCUT2D eigenvalue weighted by Gasteiger charge is 2.24. The summed E-state index contributed by atoms with van der Waals surface area (Å²) in [6, 6.07) is 3.64. The molecule has 92 valence electrons. The SMILES string of the molecule is CC1CC(C(=O)Nc2ccc(Cl)nn2)CCN1. The number of carbonyl (C=O) groups excluding carboxylic acids is 1. The van der Waals surface area contributed by atoms with Crippen molar-refractivity contribution in [3.05, 3.63) is 17.3 Å². The minimum Gasteiger partial charge on any atom is -0.314 e. The van der Waals surface area contributed by atoms with Crippen LogP contribution in [0.25, 0.3) is 0 Å². The van der Waals surface area contributed by atoms with Gasteiger partial charge in [-0.1, -0.05) is 11.6 Å². The highest BCUT2D eigenvalue weighted by molar-refractivity contribution is 6.29. The lowest BCUT2D eigenvalue weighted by molar-refractivity contribution is -0.120. The molecule has 1 amide bonds. The number of halogens is 1. The van der Waals surface area contributed by atoms with Crippen molar-refractivity contribution in [3.63, 3.8) is 0 Å². The Kier molecular flexibility index (Phi) is 3.91. The summed E-state index contributed by atoms with van der Waals surface area (Å²) < 4.78 is 0. The Labute approximate surface area is 105 Å². The van der Waals surface area contributed by atoms with Gasteiger partial charge in [0.1, 0.15) is 0 Å². The molecule has 0 spiro atoms. The largest absolute Gasteiger partial charge is 0.314 e. The highest BCUT2D eigenvalue weighted by atomic mass is 35.5. The maximum Gasteiger partial charge on any atom is 0.228 e. The zero-order valence-electron chi connectivity index (χ0n) is 9.61. The molecule has 17 heavy (non-hydrogen) atoms. The Morgan fingerprint density at radius 1 is 1.53 bits per heavy atom. The van der Waals surface area contributed by atoms with Crippen LogP contribution in [-0.4, -0.2) is 28.7 Å². The minimum atomic E-state index is 0.00923. The topological polar surface area (TPSA) is 66.9 Å². The second-order valence-corrected chi connectivity index (χ2v) is 4.69. The van der Waals surface area contributed by atoms with Crippen LogP contribution in [-0.2, 0) is 4.79 Å². The first-order chi connectivity index (χ1) is 8.15. The molecule has 2 unspecified atom stereocenters. The third-order valence-electron chi connectivity index (χ3n) is 2.88. The summed E-state index contributed by atoms with van der Waals surface area (Å²) in [6.45, 7) is 2.97. The van der Waals surface area contributed by atoms with Crippen molar-refractivity contribution in [2.24, 2.45) is 5.92 Å². The Balaban J connectivity index is 1.94. The molecule has 0 aromatic carbocycles. The lowest BCUT2D eigenvalue weighted by Crippen LogP contribution is -2.40. The van der Waals surface area contributed by atoms with Crippen LogP contribution in [0.3, 0.4) is 0 Å². The average Bonchev–Trinajstić information content (AvgIpc) is 2.32. The van der Waals surface area contributed by atoms with E-state index in [2.05, 4.69) is 27.8 Å². The molecule has 1 saturated heterocycles. The van der Waals surface area contributed by atoms with Crippen LogP contribution in [0.5, 0.6) is 0 Å². The first kappa shape index (κ1) is 12.3. The first-order valence-electron chi connectivity index (χ1n) is 5.68. The van der Waals surface area contributed by atoms with Crippen LogP contribution >= 0.6 is 11.6 Å². The van der Waals surface area contributed by atoms with Crippen molar-refractivity contribution in [2.75, 3.05) is 11.9 Å². The summed E-state index contributed by atoms with van der Waals surface area (Å²) in [5, 5.41) is 13.9. The summed E-state index contributed by atoms with van der Waals surface area (Å²) >= 11 is 5.62. The number of hydrogen-bond acceptors (Lipinski definition) is 4. The number of aromatic nitrogens is 2. The van der Waals surface area contributed by atoms with Crippen molar-refractivity contribution in [3.8, 4) is 0 Å². The van der Waals surface area contributed by atoms with Crippen LogP contribution in [0, 0.1) is 5.92 Å². The number of nitrogens with zero attached hydrogens (tertiary/aromatic N) is 2. The van der Waals surface area contributed by atoms with Crippen molar-refractivity contribution in [2.45, 2.75) is 25.8 Å². The van der Waals surface area contributed by atoms with Gasteiger partial charge in [0.05, 0.1) is 0 Å². The van der Waals surface area contributed by atoms with Gasteiger partial charge in [-0.05, 0) is 38.4 Å². The van der Waals surface area contributed by atoms with Gasteiger partial charge in [-0.15, -0.1) is 10.2 Å².